The van der Waals surface area contributed by atoms with E-state index < -0.39 is 12.3 Å². The topological polar surface area (TPSA) is 75.6 Å². The first-order valence-electron chi connectivity index (χ1n) is 5.04. The van der Waals surface area contributed by atoms with Gasteiger partial charge in [0, 0.05) is 12.8 Å². The van der Waals surface area contributed by atoms with Crippen LogP contribution >= 0.6 is 0 Å². The molecule has 1 aliphatic heterocycles. The number of rotatable bonds is 4. The summed E-state index contributed by atoms with van der Waals surface area (Å²) in [4.78, 5) is 21.4. The normalized spacial score (nSPS) is 33.7. The number of ether oxygens (including phenoxy) is 1. The van der Waals surface area contributed by atoms with Crippen LogP contribution in [0.4, 0.5) is 0 Å². The number of nitrogens with one attached hydrogen (secondary N) is 1. The number of aliphatic hydroxyl groups is 1. The Labute approximate surface area is 88.8 Å². The van der Waals surface area contributed by atoms with Gasteiger partial charge >= 0.3 is 5.97 Å². The molecule has 0 aromatic heterocycles. The van der Waals surface area contributed by atoms with Crippen LogP contribution < -0.4 is 5.32 Å². The molecular formula is C10H17NO4. The second-order valence-electron chi connectivity index (χ2n) is 4.04. The van der Waals surface area contributed by atoms with Crippen LogP contribution in [0.25, 0.3) is 0 Å². The van der Waals surface area contributed by atoms with Crippen molar-refractivity contribution in [2.45, 2.75) is 39.1 Å². The van der Waals surface area contributed by atoms with Crippen molar-refractivity contribution in [3.8, 4) is 0 Å². The van der Waals surface area contributed by atoms with Crippen molar-refractivity contribution in [3.63, 3.8) is 0 Å². The molecule has 5 nitrogen and oxygen atoms in total. The average Bonchev–Trinajstić information content (AvgIpc) is 2.10. The minimum Gasteiger partial charge on any atom is -0.446 e. The fraction of sp³-hybridized carbons (Fsp3) is 0.800. The van der Waals surface area contributed by atoms with Gasteiger partial charge in [0.1, 0.15) is 6.29 Å². The highest BCUT2D eigenvalue weighted by Gasteiger charge is 2.46. The Bertz CT molecular complexity index is 254. The number of hydrogen-bond donors (Lipinski definition) is 2. The Morgan fingerprint density at radius 3 is 2.53 bits per heavy atom. The predicted octanol–water partition coefficient (Wildman–Crippen LogP) is -0.321. The van der Waals surface area contributed by atoms with Gasteiger partial charge in [-0.1, -0.05) is 6.92 Å². The molecule has 1 rings (SSSR count). The number of aliphatic hydroxyl groups excluding tert-OH is 1. The summed E-state index contributed by atoms with van der Waals surface area (Å²) in [5, 5.41) is 12.3. The summed E-state index contributed by atoms with van der Waals surface area (Å²) in [5.41, 5.74) is 0. The van der Waals surface area contributed by atoms with Crippen molar-refractivity contribution in [1.82, 2.24) is 5.32 Å². The van der Waals surface area contributed by atoms with Gasteiger partial charge in [-0.05, 0) is 12.8 Å². The molecule has 0 radical (unpaired) electrons. The third kappa shape index (κ3) is 2.54. The SMILES string of the molecule is CC(=O)OC1NC(C=O)C1C(C)C(C)O. The Morgan fingerprint density at radius 2 is 2.13 bits per heavy atom. The summed E-state index contributed by atoms with van der Waals surface area (Å²) in [7, 11) is 0. The third-order valence-electron chi connectivity index (χ3n) is 2.93. The zero-order valence-corrected chi connectivity index (χ0v) is 9.14. The van der Waals surface area contributed by atoms with E-state index in [1.165, 1.54) is 6.92 Å². The fourth-order valence-electron chi connectivity index (χ4n) is 1.83. The van der Waals surface area contributed by atoms with Crippen LogP contribution in [0.15, 0.2) is 0 Å². The van der Waals surface area contributed by atoms with Gasteiger partial charge in [0.05, 0.1) is 12.1 Å². The van der Waals surface area contributed by atoms with Crippen LogP contribution in [0.2, 0.25) is 0 Å². The molecule has 0 aromatic rings. The molecule has 0 aliphatic carbocycles. The molecular weight excluding hydrogens is 198 g/mol. The third-order valence-corrected chi connectivity index (χ3v) is 2.93. The second kappa shape index (κ2) is 4.72. The smallest absolute Gasteiger partial charge is 0.304 e. The Hall–Kier alpha value is -0.940. The molecule has 0 amide bonds. The standard InChI is InChI=1S/C10H17NO4/c1-5(6(2)13)9-8(4-12)11-10(9)15-7(3)14/h4-6,8-11,13H,1-3H3. The largest absolute Gasteiger partial charge is 0.446 e. The van der Waals surface area contributed by atoms with Gasteiger partial charge in [-0.15, -0.1) is 0 Å². The maximum Gasteiger partial charge on any atom is 0.304 e. The molecule has 5 heteroatoms. The van der Waals surface area contributed by atoms with Crippen LogP contribution in [-0.4, -0.2) is 35.7 Å². The quantitative estimate of drug-likeness (QED) is 0.496. The summed E-state index contributed by atoms with van der Waals surface area (Å²) >= 11 is 0. The Morgan fingerprint density at radius 1 is 1.53 bits per heavy atom. The lowest BCUT2D eigenvalue weighted by molar-refractivity contribution is -0.170. The van der Waals surface area contributed by atoms with Crippen molar-refractivity contribution in [3.05, 3.63) is 0 Å². The maximum absolute atomic E-state index is 10.8. The highest BCUT2D eigenvalue weighted by atomic mass is 16.6. The minimum absolute atomic E-state index is 0.0919. The highest BCUT2D eigenvalue weighted by Crippen LogP contribution is 2.30. The highest BCUT2D eigenvalue weighted by molar-refractivity contribution is 5.67. The van der Waals surface area contributed by atoms with E-state index in [4.69, 9.17) is 4.74 Å². The van der Waals surface area contributed by atoms with Gasteiger partial charge in [0.25, 0.3) is 0 Å². The molecule has 15 heavy (non-hydrogen) atoms. The first kappa shape index (κ1) is 12.1. The van der Waals surface area contributed by atoms with Crippen LogP contribution in [0.1, 0.15) is 20.8 Å². The van der Waals surface area contributed by atoms with Gasteiger partial charge in [0.2, 0.25) is 0 Å². The molecule has 5 unspecified atom stereocenters. The van der Waals surface area contributed by atoms with E-state index in [2.05, 4.69) is 5.32 Å². The van der Waals surface area contributed by atoms with Crippen LogP contribution in [-0.2, 0) is 14.3 Å². The van der Waals surface area contributed by atoms with E-state index in [1.807, 2.05) is 6.92 Å². The maximum atomic E-state index is 10.8. The molecule has 1 heterocycles. The number of aldehydes is 1. The Balaban J connectivity index is 2.62. The molecule has 86 valence electrons. The van der Waals surface area contributed by atoms with Crippen molar-refractivity contribution in [2.75, 3.05) is 0 Å². The number of hydrogen-bond acceptors (Lipinski definition) is 5. The lowest BCUT2D eigenvalue weighted by Crippen LogP contribution is -2.66. The molecule has 1 saturated heterocycles. The zero-order chi connectivity index (χ0) is 11.6. The van der Waals surface area contributed by atoms with E-state index in [-0.39, 0.29) is 23.8 Å². The summed E-state index contributed by atoms with van der Waals surface area (Å²) in [6.45, 7) is 4.82. The zero-order valence-electron chi connectivity index (χ0n) is 9.14. The van der Waals surface area contributed by atoms with E-state index in [9.17, 15) is 14.7 Å². The summed E-state index contributed by atoms with van der Waals surface area (Å²) in [6.07, 6.45) is -0.205. The van der Waals surface area contributed by atoms with Gasteiger partial charge in [-0.2, -0.15) is 0 Å². The molecule has 0 aromatic carbocycles. The Kier molecular flexibility index (Phi) is 3.82. The number of esters is 1. The summed E-state index contributed by atoms with van der Waals surface area (Å²) < 4.78 is 4.98. The molecule has 0 spiro atoms. The van der Waals surface area contributed by atoms with Gasteiger partial charge in [0.15, 0.2) is 6.23 Å². The summed E-state index contributed by atoms with van der Waals surface area (Å²) in [5.74, 6) is -0.628. The number of carbonyl (C=O) groups is 2. The van der Waals surface area contributed by atoms with Gasteiger partial charge < -0.3 is 14.6 Å². The van der Waals surface area contributed by atoms with Crippen molar-refractivity contribution < 1.29 is 19.4 Å². The molecule has 5 atom stereocenters. The van der Waals surface area contributed by atoms with Crippen molar-refractivity contribution in [2.24, 2.45) is 11.8 Å². The molecule has 2 N–H and O–H groups in total. The lowest BCUT2D eigenvalue weighted by Gasteiger charge is -2.46. The minimum atomic E-state index is -0.530. The van der Waals surface area contributed by atoms with E-state index in [0.29, 0.717) is 0 Å². The monoisotopic (exact) mass is 215 g/mol. The van der Waals surface area contributed by atoms with E-state index in [1.54, 1.807) is 6.92 Å². The first-order chi connectivity index (χ1) is 6.97. The van der Waals surface area contributed by atoms with Crippen LogP contribution in [0, 0.1) is 11.8 Å². The lowest BCUT2D eigenvalue weighted by atomic mass is 9.77. The molecule has 1 aliphatic rings. The van der Waals surface area contributed by atoms with Crippen LogP contribution in [0.5, 0.6) is 0 Å². The van der Waals surface area contributed by atoms with Crippen molar-refractivity contribution in [1.29, 1.82) is 0 Å². The van der Waals surface area contributed by atoms with E-state index >= 15 is 0 Å². The predicted molar refractivity (Wildman–Crippen MR) is 52.9 cm³/mol. The van der Waals surface area contributed by atoms with E-state index in [0.717, 1.165) is 6.29 Å². The van der Waals surface area contributed by atoms with Gasteiger partial charge in [-0.25, -0.2) is 0 Å². The summed E-state index contributed by atoms with van der Waals surface area (Å²) in [6, 6.07) is -0.334. The molecule has 1 fully saturated rings. The average molecular weight is 215 g/mol. The van der Waals surface area contributed by atoms with Crippen molar-refractivity contribution >= 4 is 12.3 Å². The molecule has 0 saturated carbocycles. The second-order valence-corrected chi connectivity index (χ2v) is 4.04. The van der Waals surface area contributed by atoms with Crippen LogP contribution in [0.3, 0.4) is 0 Å². The fourth-order valence-corrected chi connectivity index (χ4v) is 1.83. The number of carbonyl (C=O) groups excluding carboxylic acids is 2. The molecule has 0 bridgehead atoms. The van der Waals surface area contributed by atoms with Gasteiger partial charge in [-0.3, -0.25) is 10.1 Å². The first-order valence-corrected chi connectivity index (χ1v) is 5.04.